The molecule has 1 heterocycles. The maximum absolute atomic E-state index is 6.71. The molecule has 2 aliphatic rings. The fourth-order valence-corrected chi connectivity index (χ4v) is 3.91. The van der Waals surface area contributed by atoms with Crippen molar-refractivity contribution in [3.63, 3.8) is 0 Å². The average Bonchev–Trinajstić information content (AvgIpc) is 2.65. The summed E-state index contributed by atoms with van der Waals surface area (Å²) in [5, 5.41) is 0. The van der Waals surface area contributed by atoms with Gasteiger partial charge in [-0.15, -0.1) is 0 Å². The Morgan fingerprint density at radius 3 is 2.28 bits per heavy atom. The minimum absolute atomic E-state index is 0.210. The maximum Gasteiger partial charge on any atom is 0.0509 e. The van der Waals surface area contributed by atoms with Gasteiger partial charge in [-0.05, 0) is 45.7 Å². The van der Waals surface area contributed by atoms with Crippen molar-refractivity contribution in [1.82, 2.24) is 4.90 Å². The number of hydrogen-bond donors (Lipinski definition) is 1. The molecule has 106 valence electrons. The lowest BCUT2D eigenvalue weighted by atomic mass is 9.74. The zero-order valence-electron chi connectivity index (χ0n) is 12.2. The van der Waals surface area contributed by atoms with E-state index in [-0.39, 0.29) is 11.6 Å². The number of hydrogen-bond acceptors (Lipinski definition) is 3. The van der Waals surface area contributed by atoms with Crippen LogP contribution in [-0.2, 0) is 4.74 Å². The van der Waals surface area contributed by atoms with Crippen molar-refractivity contribution < 1.29 is 4.74 Å². The highest BCUT2D eigenvalue weighted by molar-refractivity contribution is 5.01. The SMILES string of the molecule is CN(C)C1(C(N)C2CCCOC2)CCCCCC1. The monoisotopic (exact) mass is 254 g/mol. The number of likely N-dealkylation sites (N-methyl/N-ethyl adjacent to an activating group) is 1. The first-order valence-electron chi connectivity index (χ1n) is 7.67. The van der Waals surface area contributed by atoms with Crippen molar-refractivity contribution >= 4 is 0 Å². The summed E-state index contributed by atoms with van der Waals surface area (Å²) in [4.78, 5) is 2.41. The lowest BCUT2D eigenvalue weighted by Gasteiger charge is -2.48. The van der Waals surface area contributed by atoms with Crippen LogP contribution in [0, 0.1) is 5.92 Å². The third-order valence-electron chi connectivity index (χ3n) is 5.18. The van der Waals surface area contributed by atoms with Gasteiger partial charge in [0.2, 0.25) is 0 Å². The Morgan fingerprint density at radius 2 is 1.78 bits per heavy atom. The zero-order chi connectivity index (χ0) is 13.0. The first kappa shape index (κ1) is 14.3. The standard InChI is InChI=1S/C15H30N2O/c1-17(2)15(9-5-3-4-6-10-15)14(16)13-8-7-11-18-12-13/h13-14H,3-12,16H2,1-2H3. The predicted molar refractivity (Wildman–Crippen MR) is 75.6 cm³/mol. The van der Waals surface area contributed by atoms with Crippen LogP contribution >= 0.6 is 0 Å². The Bertz CT molecular complexity index is 241. The molecule has 2 N–H and O–H groups in total. The molecule has 1 saturated heterocycles. The fourth-order valence-electron chi connectivity index (χ4n) is 3.91. The smallest absolute Gasteiger partial charge is 0.0509 e. The molecule has 0 aromatic rings. The summed E-state index contributed by atoms with van der Waals surface area (Å²) in [6.07, 6.45) is 10.4. The second-order valence-corrected chi connectivity index (χ2v) is 6.42. The summed E-state index contributed by atoms with van der Waals surface area (Å²) in [5.41, 5.74) is 6.92. The Hall–Kier alpha value is -0.120. The van der Waals surface area contributed by atoms with Crippen LogP contribution in [0.2, 0.25) is 0 Å². The number of nitrogens with two attached hydrogens (primary N) is 1. The van der Waals surface area contributed by atoms with Crippen molar-refractivity contribution in [3.05, 3.63) is 0 Å². The topological polar surface area (TPSA) is 38.5 Å². The van der Waals surface area contributed by atoms with Crippen LogP contribution in [0.15, 0.2) is 0 Å². The fraction of sp³-hybridized carbons (Fsp3) is 1.00. The third kappa shape index (κ3) is 2.89. The summed E-state index contributed by atoms with van der Waals surface area (Å²) >= 11 is 0. The van der Waals surface area contributed by atoms with Crippen LogP contribution in [0.4, 0.5) is 0 Å². The van der Waals surface area contributed by atoms with Gasteiger partial charge >= 0.3 is 0 Å². The van der Waals surface area contributed by atoms with Crippen LogP contribution in [0.25, 0.3) is 0 Å². The van der Waals surface area contributed by atoms with Crippen LogP contribution < -0.4 is 5.73 Å². The molecule has 2 atom stereocenters. The summed E-state index contributed by atoms with van der Waals surface area (Å²) in [6.45, 7) is 1.80. The first-order chi connectivity index (χ1) is 8.67. The van der Waals surface area contributed by atoms with Gasteiger partial charge < -0.3 is 15.4 Å². The predicted octanol–water partition coefficient (Wildman–Crippen LogP) is 2.39. The summed E-state index contributed by atoms with van der Waals surface area (Å²) in [6, 6.07) is 0.269. The van der Waals surface area contributed by atoms with Crippen LogP contribution in [-0.4, -0.2) is 43.8 Å². The second kappa shape index (κ2) is 6.36. The van der Waals surface area contributed by atoms with Crippen molar-refractivity contribution in [1.29, 1.82) is 0 Å². The van der Waals surface area contributed by atoms with Crippen molar-refractivity contribution in [2.75, 3.05) is 27.3 Å². The number of rotatable bonds is 3. The molecule has 0 aromatic heterocycles. The van der Waals surface area contributed by atoms with Gasteiger partial charge in [-0.1, -0.05) is 25.7 Å². The van der Waals surface area contributed by atoms with E-state index in [9.17, 15) is 0 Å². The van der Waals surface area contributed by atoms with Crippen LogP contribution in [0.1, 0.15) is 51.4 Å². The van der Waals surface area contributed by atoms with Gasteiger partial charge in [0, 0.05) is 18.2 Å². The third-order valence-corrected chi connectivity index (χ3v) is 5.18. The van der Waals surface area contributed by atoms with E-state index in [4.69, 9.17) is 10.5 Å². The van der Waals surface area contributed by atoms with E-state index < -0.39 is 0 Å². The highest BCUT2D eigenvalue weighted by Gasteiger charge is 2.42. The molecule has 2 fully saturated rings. The molecule has 0 bridgehead atoms. The van der Waals surface area contributed by atoms with E-state index in [1.165, 1.54) is 51.4 Å². The largest absolute Gasteiger partial charge is 0.381 e. The van der Waals surface area contributed by atoms with Gasteiger partial charge in [0.25, 0.3) is 0 Å². The highest BCUT2D eigenvalue weighted by Crippen LogP contribution is 2.37. The molecule has 3 nitrogen and oxygen atoms in total. The van der Waals surface area contributed by atoms with E-state index in [0.717, 1.165) is 13.2 Å². The van der Waals surface area contributed by atoms with E-state index in [2.05, 4.69) is 19.0 Å². The normalized spacial score (nSPS) is 31.0. The minimum atomic E-state index is 0.210. The average molecular weight is 254 g/mol. The molecule has 0 spiro atoms. The second-order valence-electron chi connectivity index (χ2n) is 6.42. The molecule has 2 unspecified atom stereocenters. The Kier molecular flexibility index (Phi) is 5.05. The van der Waals surface area contributed by atoms with Crippen LogP contribution in [0.5, 0.6) is 0 Å². The van der Waals surface area contributed by atoms with Gasteiger partial charge in [0.15, 0.2) is 0 Å². The zero-order valence-corrected chi connectivity index (χ0v) is 12.2. The molecule has 0 radical (unpaired) electrons. The van der Waals surface area contributed by atoms with Crippen LogP contribution in [0.3, 0.4) is 0 Å². The summed E-state index contributed by atoms with van der Waals surface area (Å²) in [5.74, 6) is 0.555. The van der Waals surface area contributed by atoms with Gasteiger partial charge in [-0.2, -0.15) is 0 Å². The molecule has 1 aliphatic heterocycles. The molecule has 0 aromatic carbocycles. The van der Waals surface area contributed by atoms with E-state index >= 15 is 0 Å². The highest BCUT2D eigenvalue weighted by atomic mass is 16.5. The molecule has 3 heteroatoms. The van der Waals surface area contributed by atoms with Crippen molar-refractivity contribution in [2.24, 2.45) is 11.7 Å². The molecular weight excluding hydrogens is 224 g/mol. The lowest BCUT2D eigenvalue weighted by molar-refractivity contribution is -0.000739. The van der Waals surface area contributed by atoms with Crippen molar-refractivity contribution in [2.45, 2.75) is 62.9 Å². The van der Waals surface area contributed by atoms with Crippen molar-refractivity contribution in [3.8, 4) is 0 Å². The van der Waals surface area contributed by atoms with E-state index in [1.54, 1.807) is 0 Å². The summed E-state index contributed by atoms with van der Waals surface area (Å²) in [7, 11) is 4.43. The van der Waals surface area contributed by atoms with E-state index in [0.29, 0.717) is 5.92 Å². The minimum Gasteiger partial charge on any atom is -0.381 e. The van der Waals surface area contributed by atoms with E-state index in [1.807, 2.05) is 0 Å². The quantitative estimate of drug-likeness (QED) is 0.786. The number of nitrogens with zero attached hydrogens (tertiary/aromatic N) is 1. The molecule has 2 rings (SSSR count). The van der Waals surface area contributed by atoms with Gasteiger partial charge in [-0.3, -0.25) is 0 Å². The number of ether oxygens (including phenoxy) is 1. The Labute approximate surface area is 112 Å². The van der Waals surface area contributed by atoms with Gasteiger partial charge in [0.1, 0.15) is 0 Å². The molecular formula is C15H30N2O. The molecule has 18 heavy (non-hydrogen) atoms. The van der Waals surface area contributed by atoms with Gasteiger partial charge in [0.05, 0.1) is 6.61 Å². The summed E-state index contributed by atoms with van der Waals surface area (Å²) < 4.78 is 5.65. The van der Waals surface area contributed by atoms with Gasteiger partial charge in [-0.25, -0.2) is 0 Å². The first-order valence-corrected chi connectivity index (χ1v) is 7.67. The molecule has 1 saturated carbocycles. The molecule has 0 amide bonds. The lowest BCUT2D eigenvalue weighted by Crippen LogP contribution is -2.61. The maximum atomic E-state index is 6.71. The molecule has 1 aliphatic carbocycles. The Balaban J connectivity index is 2.11. The Morgan fingerprint density at radius 1 is 1.11 bits per heavy atom.